The topological polar surface area (TPSA) is 94.7 Å². The Morgan fingerprint density at radius 1 is 0.651 bits per heavy atom. The van der Waals surface area contributed by atoms with Crippen LogP contribution in [0.25, 0.3) is 0 Å². The predicted octanol–water partition coefficient (Wildman–Crippen LogP) is 5.67. The molecule has 4 rings (SSSR count). The van der Waals surface area contributed by atoms with Crippen molar-refractivity contribution in [1.82, 2.24) is 9.80 Å². The highest BCUT2D eigenvalue weighted by molar-refractivity contribution is 6.05. The van der Waals surface area contributed by atoms with Crippen molar-refractivity contribution in [2.45, 2.75) is 66.6 Å². The van der Waals surface area contributed by atoms with E-state index in [1.54, 1.807) is 9.80 Å². The maximum absolute atomic E-state index is 13.2. The Kier molecular flexibility index (Phi) is 9.47. The monoisotopic (exact) mass is 593 g/mol. The van der Waals surface area contributed by atoms with Gasteiger partial charge in [-0.1, -0.05) is 0 Å². The average Bonchev–Trinajstić information content (AvgIpc) is 2.92. The van der Waals surface area contributed by atoms with Gasteiger partial charge in [0, 0.05) is 75.0 Å². The number of anilines is 3. The van der Waals surface area contributed by atoms with E-state index in [0.717, 1.165) is 28.2 Å². The third-order valence-corrected chi connectivity index (χ3v) is 7.49. The average molecular weight is 594 g/mol. The fraction of sp³-hybridized carbons (Fsp3) is 0.545. The first kappa shape index (κ1) is 32.0. The molecule has 10 heteroatoms. The number of piperazine rings is 2. The van der Waals surface area contributed by atoms with Crippen LogP contribution in [0.3, 0.4) is 0 Å². The Morgan fingerprint density at radius 2 is 1.16 bits per heavy atom. The molecule has 2 aromatic rings. The summed E-state index contributed by atoms with van der Waals surface area (Å²) in [6, 6.07) is 11.8. The van der Waals surface area contributed by atoms with Crippen molar-refractivity contribution in [3.63, 3.8) is 0 Å². The Balaban J connectivity index is 1.32. The first-order valence-corrected chi connectivity index (χ1v) is 15.1. The van der Waals surface area contributed by atoms with Gasteiger partial charge in [0.2, 0.25) is 0 Å². The van der Waals surface area contributed by atoms with Gasteiger partial charge in [0.05, 0.1) is 0 Å². The van der Waals surface area contributed by atoms with E-state index in [9.17, 15) is 14.4 Å². The van der Waals surface area contributed by atoms with Crippen molar-refractivity contribution < 1.29 is 23.9 Å². The summed E-state index contributed by atoms with van der Waals surface area (Å²) in [5, 5.41) is 3.06. The highest BCUT2D eigenvalue weighted by Crippen LogP contribution is 2.27. The Bertz CT molecular complexity index is 1330. The standard InChI is InChI=1S/C33H47N5O5/c1-23-22-26(35-13-17-37(18-14-35)30(40)42-32(3,4)5)10-11-27(23)34-29(39)25-9-12-28(24(2)21-25)36-15-19-38(20-16-36)31(41)43-33(6,7)8/h9-12,21-22H,13-20H2,1-8H3,(H,34,39). The molecule has 10 nitrogen and oxygen atoms in total. The van der Waals surface area contributed by atoms with E-state index >= 15 is 0 Å². The molecule has 3 amide bonds. The van der Waals surface area contributed by atoms with Crippen molar-refractivity contribution >= 4 is 35.2 Å². The second-order valence-corrected chi connectivity index (χ2v) is 13.4. The molecule has 43 heavy (non-hydrogen) atoms. The molecule has 234 valence electrons. The molecule has 2 aliphatic rings. The van der Waals surface area contributed by atoms with Crippen LogP contribution in [0.2, 0.25) is 0 Å². The molecule has 0 saturated carbocycles. The minimum Gasteiger partial charge on any atom is -0.444 e. The van der Waals surface area contributed by atoms with Crippen LogP contribution in [0.15, 0.2) is 36.4 Å². The predicted molar refractivity (Wildman–Crippen MR) is 170 cm³/mol. The van der Waals surface area contributed by atoms with Crippen LogP contribution in [0.5, 0.6) is 0 Å². The van der Waals surface area contributed by atoms with Crippen molar-refractivity contribution in [2.75, 3.05) is 67.5 Å². The second kappa shape index (κ2) is 12.7. The highest BCUT2D eigenvalue weighted by Gasteiger charge is 2.28. The zero-order chi connectivity index (χ0) is 31.5. The van der Waals surface area contributed by atoms with Gasteiger partial charge in [-0.15, -0.1) is 0 Å². The summed E-state index contributed by atoms with van der Waals surface area (Å²) in [7, 11) is 0. The van der Waals surface area contributed by atoms with E-state index in [1.165, 1.54) is 0 Å². The normalized spacial score (nSPS) is 16.2. The number of amides is 3. The van der Waals surface area contributed by atoms with Crippen LogP contribution in [-0.4, -0.2) is 91.5 Å². The molecule has 2 saturated heterocycles. The third kappa shape index (κ3) is 8.55. The van der Waals surface area contributed by atoms with Crippen molar-refractivity contribution in [3.8, 4) is 0 Å². The van der Waals surface area contributed by atoms with Gasteiger partial charge in [0.15, 0.2) is 0 Å². The van der Waals surface area contributed by atoms with Crippen LogP contribution in [0.1, 0.15) is 63.0 Å². The Hall–Kier alpha value is -3.95. The summed E-state index contributed by atoms with van der Waals surface area (Å²) in [5.41, 5.74) is 4.44. The maximum Gasteiger partial charge on any atom is 0.410 e. The zero-order valence-electron chi connectivity index (χ0n) is 27.0. The molecule has 1 N–H and O–H groups in total. The van der Waals surface area contributed by atoms with Crippen LogP contribution >= 0.6 is 0 Å². The van der Waals surface area contributed by atoms with E-state index < -0.39 is 11.2 Å². The summed E-state index contributed by atoms with van der Waals surface area (Å²) in [5.74, 6) is -0.161. The molecule has 0 aliphatic carbocycles. The molecule has 2 aliphatic heterocycles. The van der Waals surface area contributed by atoms with E-state index in [2.05, 4.69) is 21.2 Å². The number of rotatable bonds is 4. The molecule has 2 fully saturated rings. The Labute approximate surface area is 255 Å². The number of ether oxygens (including phenoxy) is 2. The number of carbonyl (C=O) groups excluding carboxylic acids is 3. The third-order valence-electron chi connectivity index (χ3n) is 7.49. The van der Waals surface area contributed by atoms with Gasteiger partial charge in [0.1, 0.15) is 11.2 Å². The lowest BCUT2D eigenvalue weighted by molar-refractivity contribution is 0.0230. The molecule has 0 aromatic heterocycles. The largest absolute Gasteiger partial charge is 0.444 e. The van der Waals surface area contributed by atoms with Gasteiger partial charge >= 0.3 is 12.2 Å². The van der Waals surface area contributed by atoms with Crippen molar-refractivity contribution in [3.05, 3.63) is 53.1 Å². The first-order chi connectivity index (χ1) is 20.1. The Morgan fingerprint density at radius 3 is 1.63 bits per heavy atom. The van der Waals surface area contributed by atoms with Crippen LogP contribution in [-0.2, 0) is 9.47 Å². The van der Waals surface area contributed by atoms with E-state index in [4.69, 9.17) is 9.47 Å². The molecule has 0 spiro atoms. The van der Waals surface area contributed by atoms with E-state index in [0.29, 0.717) is 57.9 Å². The summed E-state index contributed by atoms with van der Waals surface area (Å²) in [6.07, 6.45) is -0.551. The SMILES string of the molecule is Cc1cc(N2CCN(C(=O)OC(C)(C)C)CC2)ccc1NC(=O)c1ccc(N2CCN(C(=O)OC(C)(C)C)CC2)c(C)c1. The zero-order valence-corrected chi connectivity index (χ0v) is 27.0. The van der Waals surface area contributed by atoms with Gasteiger partial charge in [-0.05, 0) is 103 Å². The second-order valence-electron chi connectivity index (χ2n) is 13.4. The smallest absolute Gasteiger partial charge is 0.410 e. The number of benzene rings is 2. The number of nitrogens with one attached hydrogen (secondary N) is 1. The summed E-state index contributed by atoms with van der Waals surface area (Å²) in [4.78, 5) is 46.0. The van der Waals surface area contributed by atoms with Gasteiger partial charge in [-0.2, -0.15) is 0 Å². The van der Waals surface area contributed by atoms with Gasteiger partial charge in [-0.25, -0.2) is 9.59 Å². The minimum absolute atomic E-state index is 0.161. The van der Waals surface area contributed by atoms with Crippen LogP contribution in [0.4, 0.5) is 26.7 Å². The fourth-order valence-electron chi connectivity index (χ4n) is 5.26. The van der Waals surface area contributed by atoms with Gasteiger partial charge < -0.3 is 34.4 Å². The highest BCUT2D eigenvalue weighted by atomic mass is 16.6. The van der Waals surface area contributed by atoms with Crippen LogP contribution in [0, 0.1) is 13.8 Å². The molecular formula is C33H47N5O5. The van der Waals surface area contributed by atoms with Crippen molar-refractivity contribution in [2.24, 2.45) is 0 Å². The lowest BCUT2D eigenvalue weighted by Crippen LogP contribution is -2.50. The van der Waals surface area contributed by atoms with E-state index in [-0.39, 0.29) is 18.1 Å². The minimum atomic E-state index is -0.512. The molecule has 2 heterocycles. The quantitative estimate of drug-likeness (QED) is 0.488. The van der Waals surface area contributed by atoms with E-state index in [1.807, 2.05) is 85.7 Å². The molecule has 0 unspecified atom stereocenters. The lowest BCUT2D eigenvalue weighted by atomic mass is 10.1. The fourth-order valence-corrected chi connectivity index (χ4v) is 5.26. The van der Waals surface area contributed by atoms with Crippen LogP contribution < -0.4 is 15.1 Å². The number of hydrogen-bond donors (Lipinski definition) is 1. The number of hydrogen-bond acceptors (Lipinski definition) is 7. The maximum atomic E-state index is 13.2. The summed E-state index contributed by atoms with van der Waals surface area (Å²) >= 11 is 0. The summed E-state index contributed by atoms with van der Waals surface area (Å²) < 4.78 is 11.0. The number of carbonyl (C=O) groups is 3. The molecule has 0 bridgehead atoms. The molecule has 2 aromatic carbocycles. The molecular weight excluding hydrogens is 546 g/mol. The molecule has 0 atom stereocenters. The van der Waals surface area contributed by atoms with Crippen molar-refractivity contribution in [1.29, 1.82) is 0 Å². The number of nitrogens with zero attached hydrogens (tertiary/aromatic N) is 4. The molecule has 0 radical (unpaired) electrons. The van der Waals surface area contributed by atoms with Gasteiger partial charge in [0.25, 0.3) is 5.91 Å². The lowest BCUT2D eigenvalue weighted by Gasteiger charge is -2.37. The van der Waals surface area contributed by atoms with Gasteiger partial charge in [-0.3, -0.25) is 4.79 Å². The number of aryl methyl sites for hydroxylation is 2. The summed E-state index contributed by atoms with van der Waals surface area (Å²) in [6.45, 7) is 20.4. The first-order valence-electron chi connectivity index (χ1n) is 15.1.